The Hall–Kier alpha value is -1.33. The highest BCUT2D eigenvalue weighted by Gasteiger charge is 2.18. The molecule has 18 heavy (non-hydrogen) atoms. The molecule has 1 fully saturated rings. The smallest absolute Gasteiger partial charge is 0.221 e. The van der Waals surface area contributed by atoms with Crippen LogP contribution in [0.4, 0.5) is 0 Å². The lowest BCUT2D eigenvalue weighted by atomic mass is 10.1. The van der Waals surface area contributed by atoms with Crippen LogP contribution in [-0.4, -0.2) is 48.0 Å². The zero-order chi connectivity index (χ0) is 12.8. The summed E-state index contributed by atoms with van der Waals surface area (Å²) in [5.74, 6) is 0.121. The monoisotopic (exact) mass is 250 g/mol. The molecule has 1 aromatic rings. The molecule has 0 radical (unpaired) electrons. The van der Waals surface area contributed by atoms with E-state index in [1.165, 1.54) is 0 Å². The fraction of sp³-hybridized carbons (Fsp3) is 0.615. The molecule has 1 saturated heterocycles. The van der Waals surface area contributed by atoms with Crippen LogP contribution in [0.1, 0.15) is 19.0 Å². The summed E-state index contributed by atoms with van der Waals surface area (Å²) in [6.07, 6.45) is 2.44. The highest BCUT2D eigenvalue weighted by atomic mass is 16.1. The number of H-pyrrole nitrogens is 1. The van der Waals surface area contributed by atoms with Gasteiger partial charge in [0, 0.05) is 50.5 Å². The number of hydrogen-bond donors (Lipinski definition) is 3. The van der Waals surface area contributed by atoms with E-state index in [2.05, 4.69) is 27.4 Å². The number of nitrogens with zero attached hydrogens (tertiary/aromatic N) is 1. The first-order valence-electron chi connectivity index (χ1n) is 6.59. The van der Waals surface area contributed by atoms with Gasteiger partial charge in [0.1, 0.15) is 0 Å². The van der Waals surface area contributed by atoms with Crippen LogP contribution >= 0.6 is 0 Å². The topological polar surface area (TPSA) is 60.2 Å². The summed E-state index contributed by atoms with van der Waals surface area (Å²) in [6, 6.07) is 4.22. The maximum atomic E-state index is 11.8. The Morgan fingerprint density at radius 1 is 1.50 bits per heavy atom. The van der Waals surface area contributed by atoms with Crippen LogP contribution in [0.25, 0.3) is 0 Å². The molecule has 1 aliphatic rings. The predicted octanol–water partition coefficient (Wildman–Crippen LogP) is 0.315. The van der Waals surface area contributed by atoms with E-state index >= 15 is 0 Å². The Labute approximate surface area is 108 Å². The van der Waals surface area contributed by atoms with Gasteiger partial charge >= 0.3 is 0 Å². The summed E-state index contributed by atoms with van der Waals surface area (Å²) in [6.45, 7) is 6.82. The van der Waals surface area contributed by atoms with Crippen molar-refractivity contribution in [3.63, 3.8) is 0 Å². The molecule has 3 N–H and O–H groups in total. The number of aromatic amines is 1. The van der Waals surface area contributed by atoms with Crippen LogP contribution in [0, 0.1) is 0 Å². The van der Waals surface area contributed by atoms with Gasteiger partial charge in [-0.2, -0.15) is 0 Å². The van der Waals surface area contributed by atoms with Crippen molar-refractivity contribution in [2.75, 3.05) is 26.2 Å². The summed E-state index contributed by atoms with van der Waals surface area (Å²) in [4.78, 5) is 17.3. The van der Waals surface area contributed by atoms with E-state index in [1.807, 2.05) is 18.3 Å². The first-order chi connectivity index (χ1) is 8.75. The number of rotatable bonds is 5. The van der Waals surface area contributed by atoms with Crippen LogP contribution in [0.15, 0.2) is 18.3 Å². The minimum Gasteiger partial charge on any atom is -0.364 e. The second-order valence-electron chi connectivity index (χ2n) is 4.81. The molecule has 0 saturated carbocycles. The lowest BCUT2D eigenvalue weighted by Gasteiger charge is -2.32. The molecule has 1 unspecified atom stereocenters. The third kappa shape index (κ3) is 3.85. The SMILES string of the molecule is CC(CC(=O)NCc1ccc[nH]1)N1CCNCC1. The highest BCUT2D eigenvalue weighted by molar-refractivity contribution is 5.76. The maximum absolute atomic E-state index is 11.8. The Bertz CT molecular complexity index is 357. The molecule has 0 aliphatic carbocycles. The Kier molecular flexibility index (Phi) is 4.78. The van der Waals surface area contributed by atoms with Crippen LogP contribution in [-0.2, 0) is 11.3 Å². The molecule has 2 heterocycles. The van der Waals surface area contributed by atoms with Gasteiger partial charge in [-0.25, -0.2) is 0 Å². The summed E-state index contributed by atoms with van der Waals surface area (Å²) in [5, 5.41) is 6.26. The van der Waals surface area contributed by atoms with Gasteiger partial charge in [-0.15, -0.1) is 0 Å². The average molecular weight is 250 g/mol. The van der Waals surface area contributed by atoms with Crippen LogP contribution < -0.4 is 10.6 Å². The molecule has 2 rings (SSSR count). The number of amides is 1. The van der Waals surface area contributed by atoms with E-state index < -0.39 is 0 Å². The first kappa shape index (κ1) is 13.1. The van der Waals surface area contributed by atoms with Crippen LogP contribution in [0.2, 0.25) is 0 Å². The van der Waals surface area contributed by atoms with E-state index in [1.54, 1.807) is 0 Å². The second kappa shape index (κ2) is 6.56. The Balaban J connectivity index is 1.69. The van der Waals surface area contributed by atoms with Gasteiger partial charge in [-0.1, -0.05) is 0 Å². The summed E-state index contributed by atoms with van der Waals surface area (Å²) >= 11 is 0. The van der Waals surface area contributed by atoms with Crippen molar-refractivity contribution >= 4 is 5.91 Å². The number of nitrogens with one attached hydrogen (secondary N) is 3. The standard InChI is InChI=1S/C13H22N4O/c1-11(17-7-5-14-6-8-17)9-13(18)16-10-12-3-2-4-15-12/h2-4,11,14-15H,5-10H2,1H3,(H,16,18). The molecule has 5 nitrogen and oxygen atoms in total. The Morgan fingerprint density at radius 2 is 2.28 bits per heavy atom. The van der Waals surface area contributed by atoms with Crippen LogP contribution in [0.3, 0.4) is 0 Å². The fourth-order valence-corrected chi connectivity index (χ4v) is 2.26. The average Bonchev–Trinajstić information content (AvgIpc) is 2.90. The quantitative estimate of drug-likeness (QED) is 0.705. The number of carbonyl (C=O) groups is 1. The number of aromatic nitrogens is 1. The third-order valence-corrected chi connectivity index (χ3v) is 3.39. The van der Waals surface area contributed by atoms with Gasteiger partial charge < -0.3 is 15.6 Å². The molecular weight excluding hydrogens is 228 g/mol. The van der Waals surface area contributed by atoms with Gasteiger partial charge in [-0.3, -0.25) is 9.69 Å². The molecule has 1 atom stereocenters. The molecule has 1 amide bonds. The van der Waals surface area contributed by atoms with Gasteiger partial charge in [0.15, 0.2) is 0 Å². The van der Waals surface area contributed by atoms with Crippen molar-refractivity contribution in [2.45, 2.75) is 25.9 Å². The fourth-order valence-electron chi connectivity index (χ4n) is 2.26. The third-order valence-electron chi connectivity index (χ3n) is 3.39. The van der Waals surface area contributed by atoms with Gasteiger partial charge in [0.05, 0.1) is 6.54 Å². The van der Waals surface area contributed by atoms with Crippen molar-refractivity contribution in [3.05, 3.63) is 24.0 Å². The minimum atomic E-state index is 0.121. The number of piperazine rings is 1. The molecule has 1 aromatic heterocycles. The molecule has 0 bridgehead atoms. The zero-order valence-electron chi connectivity index (χ0n) is 10.9. The maximum Gasteiger partial charge on any atom is 0.221 e. The molecule has 100 valence electrons. The van der Waals surface area contributed by atoms with E-state index in [0.29, 0.717) is 19.0 Å². The van der Waals surface area contributed by atoms with E-state index in [4.69, 9.17) is 0 Å². The molecule has 0 spiro atoms. The first-order valence-corrected chi connectivity index (χ1v) is 6.59. The van der Waals surface area contributed by atoms with Gasteiger partial charge in [0.25, 0.3) is 0 Å². The largest absolute Gasteiger partial charge is 0.364 e. The van der Waals surface area contributed by atoms with Crippen molar-refractivity contribution in [3.8, 4) is 0 Å². The normalized spacial score (nSPS) is 18.5. The molecule has 1 aliphatic heterocycles. The Morgan fingerprint density at radius 3 is 2.94 bits per heavy atom. The highest BCUT2D eigenvalue weighted by Crippen LogP contribution is 2.05. The van der Waals surface area contributed by atoms with Crippen LogP contribution in [0.5, 0.6) is 0 Å². The molecular formula is C13H22N4O. The summed E-state index contributed by atoms with van der Waals surface area (Å²) in [5.41, 5.74) is 1.04. The summed E-state index contributed by atoms with van der Waals surface area (Å²) < 4.78 is 0. The van der Waals surface area contributed by atoms with Crippen molar-refractivity contribution in [1.29, 1.82) is 0 Å². The van der Waals surface area contributed by atoms with Crippen molar-refractivity contribution < 1.29 is 4.79 Å². The predicted molar refractivity (Wildman–Crippen MR) is 71.2 cm³/mol. The second-order valence-corrected chi connectivity index (χ2v) is 4.81. The molecule has 0 aromatic carbocycles. The van der Waals surface area contributed by atoms with Gasteiger partial charge in [0.2, 0.25) is 5.91 Å². The molecule has 5 heteroatoms. The lowest BCUT2D eigenvalue weighted by Crippen LogP contribution is -2.48. The number of hydrogen-bond acceptors (Lipinski definition) is 3. The van der Waals surface area contributed by atoms with Crippen molar-refractivity contribution in [2.24, 2.45) is 0 Å². The number of carbonyl (C=O) groups excluding carboxylic acids is 1. The minimum absolute atomic E-state index is 0.121. The van der Waals surface area contributed by atoms with E-state index in [-0.39, 0.29) is 5.91 Å². The summed E-state index contributed by atoms with van der Waals surface area (Å²) in [7, 11) is 0. The van der Waals surface area contributed by atoms with E-state index in [0.717, 1.165) is 31.9 Å². The lowest BCUT2D eigenvalue weighted by molar-refractivity contribution is -0.122. The van der Waals surface area contributed by atoms with Gasteiger partial charge in [-0.05, 0) is 19.1 Å². The zero-order valence-corrected chi connectivity index (χ0v) is 10.9. The van der Waals surface area contributed by atoms with Crippen molar-refractivity contribution in [1.82, 2.24) is 20.5 Å². The van der Waals surface area contributed by atoms with E-state index in [9.17, 15) is 4.79 Å².